The maximum Gasteiger partial charge on any atom is 0.201 e. The van der Waals surface area contributed by atoms with E-state index in [1.165, 1.54) is 30.5 Å². The number of aromatic amines is 1. The standard InChI is InChI=1S/C20H11BrF3N3OS/c21-10-6-13-14(9-26-20(13)25-8-10)19(28)17-15(23)4-5-16(18(17)24)27-29-12-3-1-2-11(22)7-12/h1-9,27H,(H,25,26). The molecule has 0 radical (unpaired) electrons. The molecule has 0 amide bonds. The first-order valence-corrected chi connectivity index (χ1v) is 9.89. The first-order chi connectivity index (χ1) is 13.9. The van der Waals surface area contributed by atoms with E-state index in [0.29, 0.717) is 20.4 Å². The number of carbonyl (C=O) groups is 1. The molecule has 0 aliphatic carbocycles. The summed E-state index contributed by atoms with van der Waals surface area (Å²) in [6, 6.07) is 9.53. The van der Waals surface area contributed by atoms with Crippen LogP contribution in [0.2, 0.25) is 0 Å². The van der Waals surface area contributed by atoms with Crippen LogP contribution >= 0.6 is 27.9 Å². The zero-order valence-corrected chi connectivity index (χ0v) is 16.9. The number of pyridine rings is 1. The summed E-state index contributed by atoms with van der Waals surface area (Å²) in [4.78, 5) is 20.4. The van der Waals surface area contributed by atoms with Gasteiger partial charge < -0.3 is 9.71 Å². The van der Waals surface area contributed by atoms with Gasteiger partial charge in [-0.15, -0.1) is 0 Å². The summed E-state index contributed by atoms with van der Waals surface area (Å²) in [6.45, 7) is 0. The first kappa shape index (κ1) is 19.5. The number of hydrogen-bond donors (Lipinski definition) is 2. The van der Waals surface area contributed by atoms with Gasteiger partial charge in [0.05, 0.1) is 11.3 Å². The molecule has 0 saturated carbocycles. The second-order valence-corrected chi connectivity index (χ2v) is 7.82. The maximum absolute atomic E-state index is 15.0. The van der Waals surface area contributed by atoms with Gasteiger partial charge in [-0.2, -0.15) is 0 Å². The summed E-state index contributed by atoms with van der Waals surface area (Å²) in [5.41, 5.74) is -0.256. The number of halogens is 4. The van der Waals surface area contributed by atoms with Crippen molar-refractivity contribution >= 4 is 50.4 Å². The van der Waals surface area contributed by atoms with E-state index < -0.39 is 28.8 Å². The normalized spacial score (nSPS) is 11.0. The lowest BCUT2D eigenvalue weighted by Crippen LogP contribution is -2.09. The van der Waals surface area contributed by atoms with Crippen molar-refractivity contribution < 1.29 is 18.0 Å². The third-order valence-electron chi connectivity index (χ3n) is 4.14. The summed E-state index contributed by atoms with van der Waals surface area (Å²) in [5, 5.41) is 0.440. The predicted molar refractivity (Wildman–Crippen MR) is 109 cm³/mol. The molecule has 2 aromatic heterocycles. The lowest BCUT2D eigenvalue weighted by molar-refractivity contribution is 0.103. The molecule has 0 aliphatic heterocycles. The molecular formula is C20H11BrF3N3OS. The second kappa shape index (κ2) is 7.92. The first-order valence-electron chi connectivity index (χ1n) is 8.28. The summed E-state index contributed by atoms with van der Waals surface area (Å²) in [5.74, 6) is -3.26. The van der Waals surface area contributed by atoms with Crippen LogP contribution < -0.4 is 4.72 Å². The number of aromatic nitrogens is 2. The van der Waals surface area contributed by atoms with Crippen molar-refractivity contribution in [1.29, 1.82) is 0 Å². The number of benzene rings is 2. The van der Waals surface area contributed by atoms with Gasteiger partial charge in [-0.05, 0) is 64.3 Å². The molecule has 0 bridgehead atoms. The second-order valence-electron chi connectivity index (χ2n) is 6.03. The summed E-state index contributed by atoms with van der Waals surface area (Å²) in [7, 11) is 0. The molecule has 0 fully saturated rings. The third kappa shape index (κ3) is 3.88. The van der Waals surface area contributed by atoms with Crippen molar-refractivity contribution in [1.82, 2.24) is 9.97 Å². The zero-order chi connectivity index (χ0) is 20.5. The van der Waals surface area contributed by atoms with Crippen LogP contribution in [0.3, 0.4) is 0 Å². The van der Waals surface area contributed by atoms with Crippen molar-refractivity contribution in [2.75, 3.05) is 4.72 Å². The molecule has 2 aromatic carbocycles. The molecule has 146 valence electrons. The van der Waals surface area contributed by atoms with Gasteiger partial charge in [-0.25, -0.2) is 18.2 Å². The Bertz CT molecular complexity index is 1250. The molecule has 9 heteroatoms. The molecule has 0 aliphatic rings. The quantitative estimate of drug-likeness (QED) is 0.269. The predicted octanol–water partition coefficient (Wildman–Crippen LogP) is 6.09. The fourth-order valence-corrected chi connectivity index (χ4v) is 3.82. The average Bonchev–Trinajstić information content (AvgIpc) is 3.10. The molecule has 2 heterocycles. The molecular weight excluding hydrogens is 467 g/mol. The van der Waals surface area contributed by atoms with Crippen LogP contribution in [0.15, 0.2) is 64.2 Å². The minimum Gasteiger partial charge on any atom is -0.345 e. The minimum absolute atomic E-state index is 0.0943. The number of nitrogens with one attached hydrogen (secondary N) is 2. The van der Waals surface area contributed by atoms with Crippen molar-refractivity contribution in [2.45, 2.75) is 4.90 Å². The van der Waals surface area contributed by atoms with E-state index >= 15 is 0 Å². The largest absolute Gasteiger partial charge is 0.345 e. The van der Waals surface area contributed by atoms with Crippen LogP contribution in [0.5, 0.6) is 0 Å². The Balaban J connectivity index is 1.69. The van der Waals surface area contributed by atoms with Crippen molar-refractivity contribution in [3.63, 3.8) is 0 Å². The lowest BCUT2D eigenvalue weighted by Gasteiger charge is -2.10. The zero-order valence-electron chi connectivity index (χ0n) is 14.5. The van der Waals surface area contributed by atoms with E-state index in [9.17, 15) is 18.0 Å². The number of rotatable bonds is 5. The van der Waals surface area contributed by atoms with E-state index in [1.54, 1.807) is 18.3 Å². The highest BCUT2D eigenvalue weighted by molar-refractivity contribution is 9.10. The van der Waals surface area contributed by atoms with Crippen molar-refractivity contribution in [2.24, 2.45) is 0 Å². The van der Waals surface area contributed by atoms with E-state index in [1.807, 2.05) is 0 Å². The molecule has 0 saturated heterocycles. The highest BCUT2D eigenvalue weighted by Crippen LogP contribution is 2.30. The number of hydrogen-bond acceptors (Lipinski definition) is 4. The third-order valence-corrected chi connectivity index (χ3v) is 5.38. The fraction of sp³-hybridized carbons (Fsp3) is 0. The van der Waals surface area contributed by atoms with Gasteiger partial charge in [0, 0.05) is 32.7 Å². The Morgan fingerprint density at radius 1 is 1.14 bits per heavy atom. The van der Waals surface area contributed by atoms with Crippen LogP contribution in [-0.4, -0.2) is 15.8 Å². The van der Waals surface area contributed by atoms with E-state index in [0.717, 1.165) is 18.0 Å². The molecule has 4 nitrogen and oxygen atoms in total. The Kier molecular flexibility index (Phi) is 5.33. The van der Waals surface area contributed by atoms with Gasteiger partial charge in [0.15, 0.2) is 5.82 Å². The van der Waals surface area contributed by atoms with Crippen LogP contribution in [0, 0.1) is 17.5 Å². The van der Waals surface area contributed by atoms with E-state index in [2.05, 4.69) is 30.6 Å². The molecule has 4 rings (SSSR count). The number of H-pyrrole nitrogens is 1. The van der Waals surface area contributed by atoms with Crippen molar-refractivity contribution in [3.8, 4) is 0 Å². The number of carbonyl (C=O) groups excluding carboxylic acids is 1. The Morgan fingerprint density at radius 2 is 1.97 bits per heavy atom. The fourth-order valence-electron chi connectivity index (χ4n) is 2.78. The van der Waals surface area contributed by atoms with Crippen LogP contribution in [0.25, 0.3) is 11.0 Å². The van der Waals surface area contributed by atoms with Gasteiger partial charge in [-0.1, -0.05) is 6.07 Å². The van der Waals surface area contributed by atoms with Crippen LogP contribution in [0.4, 0.5) is 18.9 Å². The minimum atomic E-state index is -1.03. The Hall–Kier alpha value is -2.78. The van der Waals surface area contributed by atoms with E-state index in [4.69, 9.17) is 0 Å². The number of fused-ring (bicyclic) bond motifs is 1. The van der Waals surface area contributed by atoms with Crippen LogP contribution in [0.1, 0.15) is 15.9 Å². The van der Waals surface area contributed by atoms with Gasteiger partial charge in [0.1, 0.15) is 17.3 Å². The summed E-state index contributed by atoms with van der Waals surface area (Å²) < 4.78 is 46.0. The molecule has 0 spiro atoms. The number of anilines is 1. The van der Waals surface area contributed by atoms with Crippen LogP contribution in [-0.2, 0) is 0 Å². The SMILES string of the molecule is O=C(c1c(F)ccc(NSc2cccc(F)c2)c1F)c1c[nH]c2ncc(Br)cc12. The molecule has 0 unspecified atom stereocenters. The maximum atomic E-state index is 15.0. The molecule has 4 aromatic rings. The summed E-state index contributed by atoms with van der Waals surface area (Å²) >= 11 is 4.21. The van der Waals surface area contributed by atoms with Gasteiger partial charge in [-0.3, -0.25) is 4.79 Å². The number of nitrogens with zero attached hydrogens (tertiary/aromatic N) is 1. The number of ketones is 1. The lowest BCUT2D eigenvalue weighted by atomic mass is 10.0. The van der Waals surface area contributed by atoms with Crippen molar-refractivity contribution in [3.05, 3.63) is 87.9 Å². The van der Waals surface area contributed by atoms with Gasteiger partial charge >= 0.3 is 0 Å². The molecule has 2 N–H and O–H groups in total. The summed E-state index contributed by atoms with van der Waals surface area (Å²) in [6.07, 6.45) is 2.91. The smallest absolute Gasteiger partial charge is 0.201 e. The highest BCUT2D eigenvalue weighted by atomic mass is 79.9. The average molecular weight is 478 g/mol. The molecule has 0 atom stereocenters. The van der Waals surface area contributed by atoms with E-state index in [-0.39, 0.29) is 11.3 Å². The molecule has 29 heavy (non-hydrogen) atoms. The Morgan fingerprint density at radius 3 is 2.76 bits per heavy atom. The van der Waals surface area contributed by atoms with Gasteiger partial charge in [0.2, 0.25) is 5.78 Å². The Labute approximate surface area is 175 Å². The monoisotopic (exact) mass is 477 g/mol. The highest BCUT2D eigenvalue weighted by Gasteiger charge is 2.24. The van der Waals surface area contributed by atoms with Gasteiger partial charge in [0.25, 0.3) is 0 Å². The topological polar surface area (TPSA) is 57.8 Å².